The number of thiophene rings is 1. The van der Waals surface area contributed by atoms with Crippen molar-refractivity contribution in [1.82, 2.24) is 9.97 Å². The molecule has 1 aliphatic heterocycles. The third-order valence-corrected chi connectivity index (χ3v) is 7.37. The highest BCUT2D eigenvalue weighted by molar-refractivity contribution is 7.91. The summed E-state index contributed by atoms with van der Waals surface area (Å²) in [7, 11) is -4.32. The van der Waals surface area contributed by atoms with Gasteiger partial charge in [-0.05, 0) is 49.1 Å². The van der Waals surface area contributed by atoms with Crippen molar-refractivity contribution >= 4 is 32.9 Å². The van der Waals surface area contributed by atoms with Crippen LogP contribution in [-0.2, 0) is 25.6 Å². The van der Waals surface area contributed by atoms with E-state index in [-0.39, 0.29) is 25.3 Å². The van der Waals surface area contributed by atoms with Gasteiger partial charge in [0.05, 0.1) is 22.0 Å². The van der Waals surface area contributed by atoms with E-state index < -0.39 is 38.6 Å². The number of halogens is 3. The molecule has 0 amide bonds. The number of rotatable bonds is 8. The zero-order valence-corrected chi connectivity index (χ0v) is 20.2. The number of nitrogens with zero attached hydrogens (tertiary/aromatic N) is 3. The first-order valence-electron chi connectivity index (χ1n) is 10.4. The van der Waals surface area contributed by atoms with Gasteiger partial charge in [0.2, 0.25) is 21.8 Å². The molecule has 1 aromatic carbocycles. The predicted molar refractivity (Wildman–Crippen MR) is 123 cm³/mol. The molecule has 0 fully saturated rings. The van der Waals surface area contributed by atoms with Gasteiger partial charge in [0.15, 0.2) is 11.5 Å². The summed E-state index contributed by atoms with van der Waals surface area (Å²) in [6.07, 6.45) is -5.43. The molecule has 0 unspecified atom stereocenters. The minimum absolute atomic E-state index is 0.105. The van der Waals surface area contributed by atoms with Crippen LogP contribution in [0, 0.1) is 0 Å². The van der Waals surface area contributed by atoms with Crippen molar-refractivity contribution in [3.8, 4) is 22.1 Å². The molecule has 0 saturated carbocycles. The Kier molecular flexibility index (Phi) is 7.26. The van der Waals surface area contributed by atoms with E-state index in [1.54, 1.807) is 36.6 Å². The maximum absolute atomic E-state index is 13.3. The third kappa shape index (κ3) is 5.99. The Hall–Kier alpha value is -3.52. The van der Waals surface area contributed by atoms with Crippen molar-refractivity contribution in [3.63, 3.8) is 0 Å². The summed E-state index contributed by atoms with van der Waals surface area (Å²) in [5.74, 6) is -0.359. The zero-order valence-electron chi connectivity index (χ0n) is 18.6. The number of ether oxygens (including phenoxy) is 2. The van der Waals surface area contributed by atoms with Crippen LogP contribution in [0.4, 0.5) is 13.2 Å². The molecule has 3 heterocycles. The summed E-state index contributed by atoms with van der Waals surface area (Å²) in [5.41, 5.74) is -0.531. The Balaban J connectivity index is 1.39. The van der Waals surface area contributed by atoms with E-state index in [4.69, 9.17) is 14.3 Å². The van der Waals surface area contributed by atoms with Crippen LogP contribution in [0.15, 0.2) is 52.1 Å². The summed E-state index contributed by atoms with van der Waals surface area (Å²) in [6.45, 7) is 1.71. The number of hydrogen-bond donors (Lipinski definition) is 0. The smallest absolute Gasteiger partial charge is 0.433 e. The van der Waals surface area contributed by atoms with Gasteiger partial charge in [0.25, 0.3) is 0 Å². The maximum Gasteiger partial charge on any atom is 0.433 e. The minimum Gasteiger partial charge on any atom is -0.454 e. The first kappa shape index (κ1) is 25.6. The van der Waals surface area contributed by atoms with E-state index in [1.807, 2.05) is 0 Å². The van der Waals surface area contributed by atoms with E-state index in [2.05, 4.69) is 15.1 Å². The van der Waals surface area contributed by atoms with Gasteiger partial charge in [-0.25, -0.2) is 23.2 Å². The van der Waals surface area contributed by atoms with Gasteiger partial charge in [0.1, 0.15) is 5.69 Å². The number of carbonyl (C=O) groups is 1. The van der Waals surface area contributed by atoms with Crippen LogP contribution in [0.2, 0.25) is 0 Å². The Morgan fingerprint density at radius 3 is 2.67 bits per heavy atom. The number of hydrogen-bond acceptors (Lipinski definition) is 10. The highest BCUT2D eigenvalue weighted by Gasteiger charge is 2.35. The van der Waals surface area contributed by atoms with Crippen molar-refractivity contribution < 1.29 is 40.7 Å². The summed E-state index contributed by atoms with van der Waals surface area (Å²) in [5, 5.41) is 4.42. The van der Waals surface area contributed by atoms with Crippen LogP contribution >= 0.6 is 11.3 Å². The molecule has 0 saturated heterocycles. The van der Waals surface area contributed by atoms with Gasteiger partial charge in [0, 0.05) is 12.0 Å². The van der Waals surface area contributed by atoms with Gasteiger partial charge in [-0.1, -0.05) is 11.2 Å². The Labute approximate surface area is 207 Å². The fourth-order valence-electron chi connectivity index (χ4n) is 3.10. The van der Waals surface area contributed by atoms with Crippen LogP contribution in [-0.4, -0.2) is 42.6 Å². The van der Waals surface area contributed by atoms with Crippen molar-refractivity contribution in [1.29, 1.82) is 0 Å². The van der Waals surface area contributed by atoms with Crippen molar-refractivity contribution in [2.75, 3.05) is 12.5 Å². The Bertz CT molecular complexity index is 1410. The quantitative estimate of drug-likeness (QED) is 0.177. The number of alkyl halides is 3. The lowest BCUT2D eigenvalue weighted by atomic mass is 10.1. The molecule has 2 aromatic heterocycles. The molecular weight excluding hydrogens is 523 g/mol. The monoisotopic (exact) mass is 541 g/mol. The SMILES string of the molecule is C/C(=N\OC(=O)CCCS(=O)(=O)c1nc(-c2cccs2)cc(C(F)(F)F)n1)c1ccc2c(c1)OCO2. The van der Waals surface area contributed by atoms with E-state index >= 15 is 0 Å². The summed E-state index contributed by atoms with van der Waals surface area (Å²) < 4.78 is 75.8. The van der Waals surface area contributed by atoms with Crippen LogP contribution < -0.4 is 9.47 Å². The molecular formula is C22H18F3N3O6S2. The molecule has 1 aliphatic rings. The largest absolute Gasteiger partial charge is 0.454 e. The zero-order chi connectivity index (χ0) is 25.9. The first-order chi connectivity index (χ1) is 17.0. The molecule has 4 rings (SSSR count). The van der Waals surface area contributed by atoms with E-state index in [0.717, 1.165) is 11.3 Å². The molecule has 0 spiro atoms. The summed E-state index contributed by atoms with van der Waals surface area (Å²) >= 11 is 1.11. The number of benzene rings is 1. The molecule has 3 aromatic rings. The molecule has 0 aliphatic carbocycles. The molecule has 36 heavy (non-hydrogen) atoms. The summed E-state index contributed by atoms with van der Waals surface area (Å²) in [4.78, 5) is 24.3. The third-order valence-electron chi connectivity index (χ3n) is 4.92. The average molecular weight is 542 g/mol. The second-order valence-corrected chi connectivity index (χ2v) is 10.5. The van der Waals surface area contributed by atoms with Gasteiger partial charge < -0.3 is 14.3 Å². The molecule has 0 bridgehead atoms. The summed E-state index contributed by atoms with van der Waals surface area (Å²) in [6, 6.07) is 8.87. The topological polar surface area (TPSA) is 117 Å². The van der Waals surface area contributed by atoms with Crippen molar-refractivity contribution in [3.05, 3.63) is 53.0 Å². The van der Waals surface area contributed by atoms with E-state index in [1.165, 1.54) is 6.07 Å². The average Bonchev–Trinajstić information content (AvgIpc) is 3.53. The predicted octanol–water partition coefficient (Wildman–Crippen LogP) is 4.47. The lowest BCUT2D eigenvalue weighted by molar-refractivity contribution is -0.143. The van der Waals surface area contributed by atoms with E-state index in [0.29, 0.717) is 33.7 Å². The Morgan fingerprint density at radius 1 is 1.17 bits per heavy atom. The first-order valence-corrected chi connectivity index (χ1v) is 12.9. The van der Waals surface area contributed by atoms with Crippen LogP contribution in [0.5, 0.6) is 11.5 Å². The molecule has 0 atom stereocenters. The van der Waals surface area contributed by atoms with Gasteiger partial charge in [-0.15, -0.1) is 11.3 Å². The highest BCUT2D eigenvalue weighted by atomic mass is 32.2. The van der Waals surface area contributed by atoms with Crippen molar-refractivity contribution in [2.24, 2.45) is 5.16 Å². The number of fused-ring (bicyclic) bond motifs is 1. The minimum atomic E-state index is -4.86. The second-order valence-electron chi connectivity index (χ2n) is 7.53. The maximum atomic E-state index is 13.3. The van der Waals surface area contributed by atoms with Gasteiger partial charge in [-0.2, -0.15) is 13.2 Å². The lowest BCUT2D eigenvalue weighted by Gasteiger charge is -2.10. The van der Waals surface area contributed by atoms with Crippen LogP contribution in [0.3, 0.4) is 0 Å². The van der Waals surface area contributed by atoms with Crippen LogP contribution in [0.25, 0.3) is 10.6 Å². The lowest BCUT2D eigenvalue weighted by Crippen LogP contribution is -2.17. The van der Waals surface area contributed by atoms with Gasteiger partial charge >= 0.3 is 12.1 Å². The number of carbonyl (C=O) groups excluding carboxylic acids is 1. The fourth-order valence-corrected chi connectivity index (χ4v) is 4.97. The number of oxime groups is 1. The second kappa shape index (κ2) is 10.2. The number of sulfone groups is 1. The standard InChI is InChI=1S/C22H18F3N3O6S2/c1-13(14-6-7-16-17(10-14)33-12-32-16)28-34-20(29)5-3-9-36(30,31)21-26-15(18-4-2-8-35-18)11-19(27-21)22(23,24)25/h2,4,6-8,10-11H,3,5,9,12H2,1H3/b28-13+. The van der Waals surface area contributed by atoms with Crippen LogP contribution in [0.1, 0.15) is 31.0 Å². The Morgan fingerprint density at radius 2 is 1.94 bits per heavy atom. The molecule has 190 valence electrons. The molecule has 0 radical (unpaired) electrons. The highest BCUT2D eigenvalue weighted by Crippen LogP contribution is 2.33. The van der Waals surface area contributed by atoms with Gasteiger partial charge in [-0.3, -0.25) is 0 Å². The fraction of sp³-hybridized carbons (Fsp3) is 0.273. The number of aromatic nitrogens is 2. The van der Waals surface area contributed by atoms with E-state index in [9.17, 15) is 26.4 Å². The normalized spacial score (nSPS) is 13.6. The van der Waals surface area contributed by atoms with Crippen molar-refractivity contribution in [2.45, 2.75) is 31.1 Å². The molecule has 9 nitrogen and oxygen atoms in total. The molecule has 0 N–H and O–H groups in total. The molecule has 14 heteroatoms.